The van der Waals surface area contributed by atoms with Gasteiger partial charge in [0.2, 0.25) is 0 Å². The Morgan fingerprint density at radius 2 is 1.93 bits per heavy atom. The number of hydrogen-bond acceptors (Lipinski definition) is 2. The van der Waals surface area contributed by atoms with E-state index in [9.17, 15) is 4.79 Å². The Labute approximate surface area is 93.4 Å². The molecule has 88 valence electrons. The van der Waals surface area contributed by atoms with E-state index >= 15 is 0 Å². The van der Waals surface area contributed by atoms with Crippen LogP contribution in [-0.2, 0) is 9.53 Å². The first-order valence-corrected chi connectivity index (χ1v) is 6.14. The lowest BCUT2D eigenvalue weighted by Crippen LogP contribution is -2.36. The summed E-state index contributed by atoms with van der Waals surface area (Å²) < 4.78 is 4.94. The molecule has 1 rings (SSSR count). The first kappa shape index (κ1) is 12.5. The van der Waals surface area contributed by atoms with E-state index in [4.69, 9.17) is 4.74 Å². The molecule has 0 unspecified atom stereocenters. The molecule has 0 aromatic heterocycles. The molecule has 1 fully saturated rings. The Kier molecular flexibility index (Phi) is 4.18. The zero-order chi connectivity index (χ0) is 11.5. The number of hydrogen-bond donors (Lipinski definition) is 0. The third kappa shape index (κ3) is 2.53. The van der Waals surface area contributed by atoms with Crippen LogP contribution < -0.4 is 0 Å². The zero-order valence-corrected chi connectivity index (χ0v) is 10.5. The van der Waals surface area contributed by atoms with E-state index in [1.165, 1.54) is 20.0 Å². The van der Waals surface area contributed by atoms with Gasteiger partial charge < -0.3 is 4.74 Å². The second-order valence-corrected chi connectivity index (χ2v) is 5.21. The molecular weight excluding hydrogens is 188 g/mol. The van der Waals surface area contributed by atoms with Crippen molar-refractivity contribution >= 4 is 5.97 Å². The van der Waals surface area contributed by atoms with E-state index in [0.717, 1.165) is 31.1 Å². The van der Waals surface area contributed by atoms with Crippen molar-refractivity contribution in [2.45, 2.75) is 52.9 Å². The molecule has 0 bridgehead atoms. The Bertz CT molecular complexity index is 213. The largest absolute Gasteiger partial charge is 0.469 e. The quantitative estimate of drug-likeness (QED) is 0.670. The van der Waals surface area contributed by atoms with Crippen molar-refractivity contribution in [1.82, 2.24) is 0 Å². The van der Waals surface area contributed by atoms with E-state index in [-0.39, 0.29) is 11.4 Å². The second-order valence-electron chi connectivity index (χ2n) is 5.21. The standard InChI is InChI=1S/C13H24O2/c1-5-13(12(14)15-4)8-6-11(7-9-13)10(2)3/h10-11H,5-9H2,1-4H3/t11-,13-. The van der Waals surface area contributed by atoms with E-state index in [1.54, 1.807) is 0 Å². The summed E-state index contributed by atoms with van der Waals surface area (Å²) in [6.07, 6.45) is 5.31. The summed E-state index contributed by atoms with van der Waals surface area (Å²) in [6.45, 7) is 6.66. The van der Waals surface area contributed by atoms with E-state index in [2.05, 4.69) is 20.8 Å². The van der Waals surface area contributed by atoms with Gasteiger partial charge in [0.05, 0.1) is 12.5 Å². The van der Waals surface area contributed by atoms with Crippen molar-refractivity contribution in [3.05, 3.63) is 0 Å². The maximum atomic E-state index is 11.8. The van der Waals surface area contributed by atoms with Gasteiger partial charge in [0.25, 0.3) is 0 Å². The predicted molar refractivity (Wildman–Crippen MR) is 61.5 cm³/mol. The van der Waals surface area contributed by atoms with E-state index in [0.29, 0.717) is 0 Å². The van der Waals surface area contributed by atoms with E-state index in [1.807, 2.05) is 0 Å². The monoisotopic (exact) mass is 212 g/mol. The van der Waals surface area contributed by atoms with Crippen LogP contribution >= 0.6 is 0 Å². The highest BCUT2D eigenvalue weighted by Gasteiger charge is 2.41. The van der Waals surface area contributed by atoms with Crippen LogP contribution in [0.5, 0.6) is 0 Å². The van der Waals surface area contributed by atoms with Crippen molar-refractivity contribution in [3.8, 4) is 0 Å². The van der Waals surface area contributed by atoms with Gasteiger partial charge >= 0.3 is 5.97 Å². The fraction of sp³-hybridized carbons (Fsp3) is 0.923. The van der Waals surface area contributed by atoms with Crippen LogP contribution in [0.15, 0.2) is 0 Å². The molecule has 0 radical (unpaired) electrons. The average Bonchev–Trinajstić information content (AvgIpc) is 2.27. The molecule has 0 aliphatic heterocycles. The van der Waals surface area contributed by atoms with Gasteiger partial charge in [-0.1, -0.05) is 20.8 Å². The molecule has 0 N–H and O–H groups in total. The first-order valence-electron chi connectivity index (χ1n) is 6.14. The highest BCUT2D eigenvalue weighted by atomic mass is 16.5. The highest BCUT2D eigenvalue weighted by Crippen LogP contribution is 2.44. The number of ether oxygens (including phenoxy) is 1. The first-order chi connectivity index (χ1) is 7.05. The van der Waals surface area contributed by atoms with Gasteiger partial charge in [0.1, 0.15) is 0 Å². The Morgan fingerprint density at radius 3 is 2.27 bits per heavy atom. The number of carbonyl (C=O) groups is 1. The summed E-state index contributed by atoms with van der Waals surface area (Å²) in [7, 11) is 1.51. The molecule has 0 aromatic rings. The maximum Gasteiger partial charge on any atom is 0.311 e. The van der Waals surface area contributed by atoms with Gasteiger partial charge in [-0.05, 0) is 43.9 Å². The van der Waals surface area contributed by atoms with Crippen molar-refractivity contribution in [2.75, 3.05) is 7.11 Å². The molecule has 2 nitrogen and oxygen atoms in total. The molecule has 1 aliphatic carbocycles. The molecular formula is C13H24O2. The second kappa shape index (κ2) is 5.00. The van der Waals surface area contributed by atoms with Gasteiger partial charge in [-0.2, -0.15) is 0 Å². The zero-order valence-electron chi connectivity index (χ0n) is 10.5. The minimum absolute atomic E-state index is 0.00667. The number of methoxy groups -OCH3 is 1. The number of esters is 1. The molecule has 0 heterocycles. The molecule has 0 atom stereocenters. The van der Waals surface area contributed by atoms with E-state index < -0.39 is 0 Å². The highest BCUT2D eigenvalue weighted by molar-refractivity contribution is 5.76. The molecule has 0 spiro atoms. The van der Waals surface area contributed by atoms with Crippen LogP contribution in [0.1, 0.15) is 52.9 Å². The van der Waals surface area contributed by atoms with Crippen molar-refractivity contribution in [1.29, 1.82) is 0 Å². The lowest BCUT2D eigenvalue weighted by molar-refractivity contribution is -0.156. The van der Waals surface area contributed by atoms with Crippen LogP contribution in [0.25, 0.3) is 0 Å². The molecule has 2 heteroatoms. The maximum absolute atomic E-state index is 11.8. The van der Waals surface area contributed by atoms with Gasteiger partial charge in [0.15, 0.2) is 0 Å². The molecule has 0 aromatic carbocycles. The minimum Gasteiger partial charge on any atom is -0.469 e. The van der Waals surface area contributed by atoms with Gasteiger partial charge in [-0.25, -0.2) is 0 Å². The normalized spacial score (nSPS) is 31.7. The predicted octanol–water partition coefficient (Wildman–Crippen LogP) is 3.40. The van der Waals surface area contributed by atoms with Crippen LogP contribution in [0, 0.1) is 17.3 Å². The Balaban J connectivity index is 2.62. The lowest BCUT2D eigenvalue weighted by Gasteiger charge is -2.38. The fourth-order valence-electron chi connectivity index (χ4n) is 2.78. The summed E-state index contributed by atoms with van der Waals surface area (Å²) in [5, 5.41) is 0. The van der Waals surface area contributed by atoms with Crippen LogP contribution in [-0.4, -0.2) is 13.1 Å². The smallest absolute Gasteiger partial charge is 0.311 e. The van der Waals surface area contributed by atoms with Gasteiger partial charge in [0, 0.05) is 0 Å². The summed E-state index contributed by atoms with van der Waals surface area (Å²) in [5.41, 5.74) is -0.167. The van der Waals surface area contributed by atoms with Crippen LogP contribution in [0.3, 0.4) is 0 Å². The third-order valence-electron chi connectivity index (χ3n) is 4.23. The van der Waals surface area contributed by atoms with Crippen molar-refractivity contribution in [2.24, 2.45) is 17.3 Å². The third-order valence-corrected chi connectivity index (χ3v) is 4.23. The molecule has 15 heavy (non-hydrogen) atoms. The van der Waals surface area contributed by atoms with Crippen molar-refractivity contribution in [3.63, 3.8) is 0 Å². The molecule has 1 saturated carbocycles. The summed E-state index contributed by atoms with van der Waals surface area (Å²) in [6, 6.07) is 0. The SMILES string of the molecule is CC[C@]1(C(=O)OC)CC[C@H](C(C)C)CC1. The van der Waals surface area contributed by atoms with Crippen molar-refractivity contribution < 1.29 is 9.53 Å². The topological polar surface area (TPSA) is 26.3 Å². The number of carbonyl (C=O) groups excluding carboxylic acids is 1. The van der Waals surface area contributed by atoms with Gasteiger partial charge in [-0.3, -0.25) is 4.79 Å². The molecule has 0 saturated heterocycles. The summed E-state index contributed by atoms with van der Waals surface area (Å²) >= 11 is 0. The Morgan fingerprint density at radius 1 is 1.40 bits per heavy atom. The molecule has 0 amide bonds. The molecule has 1 aliphatic rings. The van der Waals surface area contributed by atoms with Gasteiger partial charge in [-0.15, -0.1) is 0 Å². The lowest BCUT2D eigenvalue weighted by atomic mass is 9.67. The van der Waals surface area contributed by atoms with Crippen LogP contribution in [0.4, 0.5) is 0 Å². The Hall–Kier alpha value is -0.530. The minimum atomic E-state index is -0.167. The average molecular weight is 212 g/mol. The fourth-order valence-corrected chi connectivity index (χ4v) is 2.78. The summed E-state index contributed by atoms with van der Waals surface area (Å²) in [4.78, 5) is 11.8. The van der Waals surface area contributed by atoms with Crippen LogP contribution in [0.2, 0.25) is 0 Å². The summed E-state index contributed by atoms with van der Waals surface area (Å²) in [5.74, 6) is 1.55. The number of rotatable bonds is 3.